The third-order valence-corrected chi connectivity index (χ3v) is 14.2. The van der Waals surface area contributed by atoms with Gasteiger partial charge in [0.15, 0.2) is 0 Å². The second-order valence-electron chi connectivity index (χ2n) is 22.4. The number of rotatable bonds is 16. The number of ether oxygens (including phenoxy) is 1. The molecule has 0 spiro atoms. The quantitative estimate of drug-likeness (QED) is 0.0771. The molecule has 0 radical (unpaired) electrons. The lowest BCUT2D eigenvalue weighted by molar-refractivity contribution is 0.0635. The van der Waals surface area contributed by atoms with E-state index in [4.69, 9.17) is 15.7 Å². The number of nitriles is 3. The van der Waals surface area contributed by atoms with Gasteiger partial charge in [0.1, 0.15) is 23.1 Å². The number of alkyl halides is 3. The molecule has 0 aliphatic carbocycles. The highest BCUT2D eigenvalue weighted by atomic mass is 79.9. The predicted octanol–water partition coefficient (Wildman–Crippen LogP) is 16.6. The molecule has 16 heteroatoms. The number of nitrogen functional groups attached to an aromatic ring is 1. The smallest absolute Gasteiger partial charge is 0.413 e. The Kier molecular flexibility index (Phi) is 29.8. The van der Waals surface area contributed by atoms with E-state index >= 15 is 0 Å². The largest absolute Gasteiger partial charge is 0.444 e. The Morgan fingerprint density at radius 2 is 0.782 bits per heavy atom. The molecule has 87 heavy (non-hydrogen) atoms. The Morgan fingerprint density at radius 1 is 0.460 bits per heavy atom. The van der Waals surface area contributed by atoms with Gasteiger partial charge in [0.2, 0.25) is 0 Å². The third kappa shape index (κ3) is 27.1. The van der Waals surface area contributed by atoms with Crippen LogP contribution >= 0.6 is 43.5 Å². The Hall–Kier alpha value is -8.00. The van der Waals surface area contributed by atoms with Crippen molar-refractivity contribution in [3.8, 4) is 18.2 Å². The summed E-state index contributed by atoms with van der Waals surface area (Å²) in [4.78, 5) is 34.6. The van der Waals surface area contributed by atoms with E-state index in [2.05, 4.69) is 173 Å². The zero-order chi connectivity index (χ0) is 64.2. The maximum Gasteiger partial charge on any atom is 0.413 e. The first-order chi connectivity index (χ1) is 41.4. The normalized spacial score (nSPS) is 10.4. The molecule has 0 fully saturated rings. The van der Waals surface area contributed by atoms with Crippen LogP contribution in [0.15, 0.2) is 115 Å². The summed E-state index contributed by atoms with van der Waals surface area (Å²) in [6.45, 7) is 21.8. The molecular formula is C71H82Br2ClN11O2. The number of nitrogens with two attached hydrogens (primary N) is 1. The Morgan fingerprint density at radius 3 is 1.14 bits per heavy atom. The number of nitrogens with zero attached hydrogens (tertiary/aromatic N) is 8. The molecule has 4 N–H and O–H groups in total. The summed E-state index contributed by atoms with van der Waals surface area (Å²) in [5.41, 5.74) is 27.2. The molecule has 0 saturated carbocycles. The number of aryl methyl sites for hydroxylation is 16. The summed E-state index contributed by atoms with van der Waals surface area (Å²) in [6.07, 6.45) is 7.34. The number of amides is 1. The molecule has 8 aromatic rings. The molecule has 1 amide bonds. The highest BCUT2D eigenvalue weighted by Crippen LogP contribution is 2.21. The van der Waals surface area contributed by atoms with E-state index in [1.807, 2.05) is 123 Å². The predicted molar refractivity (Wildman–Crippen MR) is 363 cm³/mol. The molecule has 8 rings (SSSR count). The van der Waals surface area contributed by atoms with Crippen molar-refractivity contribution in [2.24, 2.45) is 0 Å². The maximum atomic E-state index is 12.1. The van der Waals surface area contributed by atoms with E-state index in [0.717, 1.165) is 151 Å². The molecule has 0 aliphatic rings. The van der Waals surface area contributed by atoms with Crippen molar-refractivity contribution in [3.63, 3.8) is 0 Å². The topological polar surface area (TPSA) is 212 Å². The first-order valence-corrected chi connectivity index (χ1v) is 31.7. The van der Waals surface area contributed by atoms with Gasteiger partial charge < -0.3 is 15.8 Å². The minimum absolute atomic E-state index is 0.474. The van der Waals surface area contributed by atoms with Crippen molar-refractivity contribution in [2.75, 3.05) is 29.8 Å². The Labute approximate surface area is 538 Å². The zero-order valence-electron chi connectivity index (χ0n) is 52.6. The number of nitrogens with one attached hydrogen (secondary N) is 2. The molecule has 5 heterocycles. The van der Waals surface area contributed by atoms with Gasteiger partial charge in [-0.1, -0.05) is 50.1 Å². The van der Waals surface area contributed by atoms with E-state index < -0.39 is 11.7 Å². The summed E-state index contributed by atoms with van der Waals surface area (Å²) < 4.78 is 5.33. The first-order valence-electron chi connectivity index (χ1n) is 28.7. The van der Waals surface area contributed by atoms with Crippen LogP contribution in [0.4, 0.5) is 22.2 Å². The van der Waals surface area contributed by atoms with Crippen LogP contribution in [0.25, 0.3) is 0 Å². The molecule has 0 aliphatic heterocycles. The minimum Gasteiger partial charge on any atom is -0.444 e. The monoisotopic (exact) mass is 1310 g/mol. The first kappa shape index (κ1) is 71.5. The third-order valence-electron chi connectivity index (χ3n) is 12.9. The van der Waals surface area contributed by atoms with Crippen molar-refractivity contribution < 1.29 is 9.53 Å². The van der Waals surface area contributed by atoms with Gasteiger partial charge in [-0.3, -0.25) is 15.3 Å². The molecule has 13 nitrogen and oxygen atoms in total. The van der Waals surface area contributed by atoms with Gasteiger partial charge in [-0.25, -0.2) is 19.7 Å². The number of benzene rings is 3. The van der Waals surface area contributed by atoms with Crippen LogP contribution in [0.3, 0.4) is 0 Å². The molecular weight excluding hydrogens is 1230 g/mol. The van der Waals surface area contributed by atoms with Crippen LogP contribution in [0.1, 0.15) is 139 Å². The average Bonchev–Trinajstić information content (AvgIpc) is 3.53. The van der Waals surface area contributed by atoms with Crippen molar-refractivity contribution in [3.05, 3.63) is 233 Å². The van der Waals surface area contributed by atoms with E-state index in [0.29, 0.717) is 29.2 Å². The fourth-order valence-corrected chi connectivity index (χ4v) is 10.3. The summed E-state index contributed by atoms with van der Waals surface area (Å²) in [5, 5.41) is 35.1. The number of hydrogen-bond acceptors (Lipinski definition) is 12. The van der Waals surface area contributed by atoms with E-state index in [-0.39, 0.29) is 0 Å². The highest BCUT2D eigenvalue weighted by molar-refractivity contribution is 9.08. The molecule has 0 bridgehead atoms. The van der Waals surface area contributed by atoms with Crippen LogP contribution in [-0.4, -0.2) is 50.0 Å². The molecule has 0 unspecified atom stereocenters. The molecule has 3 aromatic carbocycles. The zero-order valence-corrected chi connectivity index (χ0v) is 56.6. The highest BCUT2D eigenvalue weighted by Gasteiger charge is 2.17. The number of anilines is 3. The van der Waals surface area contributed by atoms with E-state index in [9.17, 15) is 15.3 Å². The number of halogens is 3. The van der Waals surface area contributed by atoms with Gasteiger partial charge in [0.25, 0.3) is 0 Å². The van der Waals surface area contributed by atoms with Gasteiger partial charge >= 0.3 is 6.09 Å². The number of carbonyl (C=O) groups excluding carboxylic acids is 1. The standard InChI is InChI=1S/C29H34N4O2.C24H27N5.C9H7Br2N.C8H11N.CH3Cl/c1-19-11-21(3)31-25(12-19)9-7-22-15-23(17-24(16-22)18-30)8-10-26-13-20(2)14-27(32-26)33-28(34)35-29(4,5)6;1-16-8-21(28-23(26)10-16)6-4-18-12-19(14-20(13-18)15-25)5-7-22-9-17(2)11-24(27-3)29-22;10-4-7-1-8(5-11)3-9(2-7)6-12;1-6-4-7(2)9-8(3)5-6;1-2/h11-17H,7-10H2,1-6H3,(H,32,33,34);8-14H,4-7H2,1-3H3,(H2,26,28)(H,27,29);1-3H,4-5H2;4-5H,1-3H3;1H3. The lowest BCUT2D eigenvalue weighted by Crippen LogP contribution is -2.27. The molecule has 0 saturated heterocycles. The number of hydrogen-bond donors (Lipinski definition) is 3. The van der Waals surface area contributed by atoms with Crippen LogP contribution in [-0.2, 0) is 66.8 Å². The summed E-state index contributed by atoms with van der Waals surface area (Å²) in [6, 6.07) is 45.0. The summed E-state index contributed by atoms with van der Waals surface area (Å²) in [5.74, 6) is 1.91. The van der Waals surface area contributed by atoms with Gasteiger partial charge in [-0.15, -0.1) is 11.6 Å². The van der Waals surface area contributed by atoms with Crippen molar-refractivity contribution in [1.29, 1.82) is 15.8 Å². The van der Waals surface area contributed by atoms with Crippen molar-refractivity contribution >= 4 is 67.0 Å². The Balaban J connectivity index is 0.000000276. The van der Waals surface area contributed by atoms with Crippen molar-refractivity contribution in [2.45, 2.75) is 144 Å². The van der Waals surface area contributed by atoms with Crippen LogP contribution in [0, 0.1) is 89.4 Å². The van der Waals surface area contributed by atoms with Gasteiger partial charge in [-0.05, 0) is 286 Å². The lowest BCUT2D eigenvalue weighted by atomic mass is 9.98. The van der Waals surface area contributed by atoms with Crippen LogP contribution < -0.4 is 16.4 Å². The van der Waals surface area contributed by atoms with E-state index in [1.165, 1.54) is 23.1 Å². The molecule has 0 atom stereocenters. The second kappa shape index (κ2) is 36.2. The fraction of sp³-hybridized carbons (Fsp3) is 0.338. The lowest BCUT2D eigenvalue weighted by Gasteiger charge is -2.19. The summed E-state index contributed by atoms with van der Waals surface area (Å²) in [7, 11) is 1.88. The Bertz CT molecular complexity index is 3600. The summed E-state index contributed by atoms with van der Waals surface area (Å²) >= 11 is 11.4. The number of aromatic nitrogens is 5. The minimum atomic E-state index is -0.575. The second-order valence-corrected chi connectivity index (χ2v) is 23.5. The molecule has 5 aromatic heterocycles. The fourth-order valence-electron chi connectivity index (χ4n) is 9.63. The average molecular weight is 1320 g/mol. The van der Waals surface area contributed by atoms with E-state index in [1.54, 1.807) is 0 Å². The number of pyridine rings is 5. The van der Waals surface area contributed by atoms with Crippen molar-refractivity contribution in [1.82, 2.24) is 24.9 Å². The van der Waals surface area contributed by atoms with Crippen LogP contribution in [0.5, 0.6) is 0 Å². The maximum absolute atomic E-state index is 12.1. The van der Waals surface area contributed by atoms with Gasteiger partial charge in [0.05, 0.1) is 34.9 Å². The number of carbonyl (C=O) groups is 1. The van der Waals surface area contributed by atoms with Gasteiger partial charge in [-0.2, -0.15) is 15.8 Å². The SMILES string of the molecule is CCl.CNc1cc(C)cc(CCc2cc(C#N)cc(CCc3cc(C)cc(N)n3)c2)n1.Cc1cc(C)nc(C)c1.Cc1cc(C)nc(CCc2cc(C#N)cc(CCc3cc(C)cc(NC(=O)OC(C)(C)C)n3)c2)c1.N#Cc1cc(CBr)cc(CBr)c1. The molecule has 454 valence electrons. The van der Waals surface area contributed by atoms with Gasteiger partial charge in [0, 0.05) is 63.9 Å². The van der Waals surface area contributed by atoms with Crippen LogP contribution in [0.2, 0.25) is 0 Å².